The predicted molar refractivity (Wildman–Crippen MR) is 196 cm³/mol. The standard InChI is InChI=1S/C41H43N7O3/c1-41(2,3)51-40(50)45-37(31-9-5-4-6-10-31)39(49)48-24-8-12-36(48)34-25-33(46-47-34)29-19-15-27(16-20-29)13-14-28-17-21-30(22-18-28)35-26-43-38(44-35)32-11-7-23-42-32/h4-6,9-10,15-22,25-26,32,36-37,42H,7-8,11-12,23-24H2,1-3H3,(H,43,44)(H,45,50)(H,46,47)/t32-,36-,37+/m0/s1. The molecular weight excluding hydrogens is 638 g/mol. The van der Waals surface area contributed by atoms with Crippen molar-refractivity contribution in [2.45, 2.75) is 70.2 Å². The molecule has 0 aliphatic carbocycles. The molecule has 3 atom stereocenters. The molecule has 2 aliphatic rings. The van der Waals surface area contributed by atoms with Gasteiger partial charge < -0.3 is 25.3 Å². The van der Waals surface area contributed by atoms with Crippen LogP contribution in [0, 0.1) is 11.8 Å². The van der Waals surface area contributed by atoms with Crippen LogP contribution in [0.1, 0.15) is 92.8 Å². The highest BCUT2D eigenvalue weighted by Crippen LogP contribution is 2.35. The van der Waals surface area contributed by atoms with E-state index in [0.29, 0.717) is 18.2 Å². The van der Waals surface area contributed by atoms with E-state index in [2.05, 4.69) is 54.8 Å². The summed E-state index contributed by atoms with van der Waals surface area (Å²) in [6, 6.07) is 26.7. The van der Waals surface area contributed by atoms with Crippen LogP contribution in [0.25, 0.3) is 22.5 Å². The zero-order valence-corrected chi connectivity index (χ0v) is 29.2. The molecule has 0 saturated carbocycles. The van der Waals surface area contributed by atoms with Gasteiger partial charge in [0.2, 0.25) is 5.91 Å². The normalized spacial score (nSPS) is 17.8. The molecular formula is C41H43N7O3. The number of benzene rings is 3. The summed E-state index contributed by atoms with van der Waals surface area (Å²) >= 11 is 0. The summed E-state index contributed by atoms with van der Waals surface area (Å²) in [7, 11) is 0. The summed E-state index contributed by atoms with van der Waals surface area (Å²) in [6.45, 7) is 7.01. The van der Waals surface area contributed by atoms with E-state index in [0.717, 1.165) is 71.0 Å². The van der Waals surface area contributed by atoms with Gasteiger partial charge in [-0.3, -0.25) is 9.89 Å². The average molecular weight is 682 g/mol. The van der Waals surface area contributed by atoms with Crippen LogP contribution in [0.3, 0.4) is 0 Å². The number of hydrogen-bond donors (Lipinski definition) is 4. The highest BCUT2D eigenvalue weighted by Gasteiger charge is 2.37. The summed E-state index contributed by atoms with van der Waals surface area (Å²) in [6.07, 6.45) is 5.19. The molecule has 2 fully saturated rings. The number of nitrogens with zero attached hydrogens (tertiary/aromatic N) is 3. The fourth-order valence-corrected chi connectivity index (χ4v) is 6.71. The Balaban J connectivity index is 1.01. The molecule has 5 aromatic rings. The topological polar surface area (TPSA) is 128 Å². The third kappa shape index (κ3) is 8.05. The largest absolute Gasteiger partial charge is 0.444 e. The Kier molecular flexibility index (Phi) is 9.73. The monoisotopic (exact) mass is 681 g/mol. The van der Waals surface area contributed by atoms with Crippen molar-refractivity contribution in [3.05, 3.63) is 119 Å². The number of aromatic nitrogens is 4. The number of H-pyrrole nitrogens is 2. The first kappa shape index (κ1) is 33.8. The van der Waals surface area contributed by atoms with Gasteiger partial charge in [0.05, 0.1) is 35.4 Å². The quantitative estimate of drug-likeness (QED) is 0.134. The second kappa shape index (κ2) is 14.7. The molecule has 2 aliphatic heterocycles. The maximum absolute atomic E-state index is 14.0. The molecule has 51 heavy (non-hydrogen) atoms. The molecule has 0 spiro atoms. The van der Waals surface area contributed by atoms with Gasteiger partial charge >= 0.3 is 6.09 Å². The summed E-state index contributed by atoms with van der Waals surface area (Å²) in [5.74, 6) is 7.35. The molecule has 4 heterocycles. The Bertz CT molecular complexity index is 2030. The van der Waals surface area contributed by atoms with Crippen molar-refractivity contribution >= 4 is 12.0 Å². The molecule has 0 bridgehead atoms. The maximum Gasteiger partial charge on any atom is 0.408 e. The van der Waals surface area contributed by atoms with Crippen molar-refractivity contribution in [3.63, 3.8) is 0 Å². The highest BCUT2D eigenvalue weighted by atomic mass is 16.6. The van der Waals surface area contributed by atoms with Crippen LogP contribution in [0.2, 0.25) is 0 Å². The predicted octanol–water partition coefficient (Wildman–Crippen LogP) is 7.22. The zero-order valence-electron chi connectivity index (χ0n) is 29.2. The van der Waals surface area contributed by atoms with Gasteiger partial charge in [-0.15, -0.1) is 0 Å². The van der Waals surface area contributed by atoms with Crippen LogP contribution < -0.4 is 10.6 Å². The van der Waals surface area contributed by atoms with Crippen molar-refractivity contribution in [1.29, 1.82) is 0 Å². The van der Waals surface area contributed by atoms with E-state index < -0.39 is 17.7 Å². The minimum Gasteiger partial charge on any atom is -0.444 e. The third-order valence-electron chi connectivity index (χ3n) is 9.25. The Hall–Kier alpha value is -5.66. The van der Waals surface area contributed by atoms with Gasteiger partial charge in [-0.05, 0) is 94.5 Å². The van der Waals surface area contributed by atoms with Gasteiger partial charge in [-0.1, -0.05) is 66.4 Å². The Labute approximate surface area is 298 Å². The van der Waals surface area contributed by atoms with Crippen molar-refractivity contribution in [3.8, 4) is 34.4 Å². The lowest BCUT2D eigenvalue weighted by Gasteiger charge is -2.29. The minimum absolute atomic E-state index is 0.185. The molecule has 3 aromatic carbocycles. The lowest BCUT2D eigenvalue weighted by atomic mass is 10.0. The Morgan fingerprint density at radius 1 is 0.922 bits per heavy atom. The van der Waals surface area contributed by atoms with E-state index >= 15 is 0 Å². The van der Waals surface area contributed by atoms with Crippen molar-refractivity contribution in [1.82, 2.24) is 35.7 Å². The van der Waals surface area contributed by atoms with E-state index in [-0.39, 0.29) is 11.9 Å². The summed E-state index contributed by atoms with van der Waals surface area (Å²) in [4.78, 5) is 36.7. The van der Waals surface area contributed by atoms with Crippen molar-refractivity contribution in [2.75, 3.05) is 13.1 Å². The smallest absolute Gasteiger partial charge is 0.408 e. The molecule has 0 radical (unpaired) electrons. The number of ether oxygens (including phenoxy) is 1. The Morgan fingerprint density at radius 2 is 1.63 bits per heavy atom. The van der Waals surface area contributed by atoms with Gasteiger partial charge in [0, 0.05) is 23.2 Å². The van der Waals surface area contributed by atoms with Crippen LogP contribution in [-0.2, 0) is 9.53 Å². The van der Waals surface area contributed by atoms with E-state index in [1.807, 2.05) is 83.9 Å². The number of carbonyl (C=O) groups excluding carboxylic acids is 2. The molecule has 4 N–H and O–H groups in total. The third-order valence-corrected chi connectivity index (χ3v) is 9.25. The molecule has 7 rings (SSSR count). The fourth-order valence-electron chi connectivity index (χ4n) is 6.71. The fraction of sp³-hybridized carbons (Fsp3) is 0.317. The van der Waals surface area contributed by atoms with E-state index in [4.69, 9.17) is 4.74 Å². The molecule has 2 saturated heterocycles. The van der Waals surface area contributed by atoms with Crippen LogP contribution in [0.5, 0.6) is 0 Å². The number of nitrogens with one attached hydrogen (secondary N) is 4. The number of rotatable bonds is 7. The SMILES string of the molecule is CC(C)(C)OC(=O)N[C@@H](C(=O)N1CCC[C@H]1c1cc(-c2ccc(C#Cc3ccc(-c4cnc([C@@H]5CCCN5)[nH]4)cc3)cc2)n[nH]1)c1ccccc1. The molecule has 10 heteroatoms. The van der Waals surface area contributed by atoms with Crippen LogP contribution in [-0.4, -0.2) is 55.8 Å². The van der Waals surface area contributed by atoms with Gasteiger partial charge in [0.1, 0.15) is 17.5 Å². The van der Waals surface area contributed by atoms with Gasteiger partial charge in [0.15, 0.2) is 0 Å². The van der Waals surface area contributed by atoms with E-state index in [1.54, 1.807) is 20.8 Å². The van der Waals surface area contributed by atoms with E-state index in [9.17, 15) is 9.59 Å². The second-order valence-corrected chi connectivity index (χ2v) is 14.1. The average Bonchev–Trinajstić information content (AvgIpc) is 3.97. The summed E-state index contributed by atoms with van der Waals surface area (Å²) < 4.78 is 5.50. The molecule has 10 nitrogen and oxygen atoms in total. The first-order valence-electron chi connectivity index (χ1n) is 17.6. The van der Waals surface area contributed by atoms with Crippen molar-refractivity contribution < 1.29 is 14.3 Å². The number of amides is 2. The van der Waals surface area contributed by atoms with Gasteiger partial charge in [0.25, 0.3) is 0 Å². The van der Waals surface area contributed by atoms with Crippen LogP contribution in [0.4, 0.5) is 4.79 Å². The maximum atomic E-state index is 14.0. The molecule has 2 amide bonds. The van der Waals surface area contributed by atoms with E-state index in [1.165, 1.54) is 6.42 Å². The molecule has 260 valence electrons. The molecule has 2 aromatic heterocycles. The van der Waals surface area contributed by atoms with Crippen molar-refractivity contribution in [2.24, 2.45) is 0 Å². The second-order valence-electron chi connectivity index (χ2n) is 14.1. The number of carbonyl (C=O) groups is 2. The lowest BCUT2D eigenvalue weighted by molar-refractivity contribution is -0.134. The number of imidazole rings is 1. The summed E-state index contributed by atoms with van der Waals surface area (Å²) in [5.41, 5.74) is 6.53. The van der Waals surface area contributed by atoms with Crippen LogP contribution in [0.15, 0.2) is 91.1 Å². The number of hydrogen-bond acceptors (Lipinski definition) is 6. The Morgan fingerprint density at radius 3 is 2.29 bits per heavy atom. The van der Waals surface area contributed by atoms with Gasteiger partial charge in [-0.25, -0.2) is 9.78 Å². The first-order chi connectivity index (χ1) is 24.7. The number of likely N-dealkylation sites (tertiary alicyclic amines) is 1. The van der Waals surface area contributed by atoms with Crippen LogP contribution >= 0.6 is 0 Å². The lowest BCUT2D eigenvalue weighted by Crippen LogP contribution is -2.44. The van der Waals surface area contributed by atoms with Gasteiger partial charge in [-0.2, -0.15) is 5.10 Å². The number of alkyl carbamates (subject to hydrolysis) is 1. The molecule has 0 unspecified atom stereocenters. The number of aromatic amines is 2. The highest BCUT2D eigenvalue weighted by molar-refractivity contribution is 5.87. The first-order valence-corrected chi connectivity index (χ1v) is 17.6. The minimum atomic E-state index is -0.876. The zero-order chi connectivity index (χ0) is 35.4. The summed E-state index contributed by atoms with van der Waals surface area (Å²) in [5, 5.41) is 14.1.